The molecule has 4 rings (SSSR count). The van der Waals surface area contributed by atoms with Gasteiger partial charge in [0.15, 0.2) is 5.11 Å². The van der Waals surface area contributed by atoms with Crippen molar-refractivity contribution in [2.75, 3.05) is 44.7 Å². The van der Waals surface area contributed by atoms with E-state index < -0.39 is 0 Å². The Balaban J connectivity index is 1.51. The quantitative estimate of drug-likeness (QED) is 0.434. The first-order valence-corrected chi connectivity index (χ1v) is 11.9. The molecule has 5 nitrogen and oxygen atoms in total. The molecular formula is C25H30ClN3O2S. The molecule has 0 unspecified atom stereocenters. The number of furan rings is 1. The van der Waals surface area contributed by atoms with Gasteiger partial charge in [-0.3, -0.25) is 4.90 Å². The van der Waals surface area contributed by atoms with Gasteiger partial charge in [0.05, 0.1) is 30.0 Å². The molecule has 170 valence electrons. The number of fused-ring (bicyclic) bond motifs is 1. The molecule has 0 spiro atoms. The second-order valence-electron chi connectivity index (χ2n) is 8.28. The molecule has 1 atom stereocenters. The summed E-state index contributed by atoms with van der Waals surface area (Å²) in [5.74, 6) is 0.900. The van der Waals surface area contributed by atoms with Gasteiger partial charge in [-0.2, -0.15) is 0 Å². The van der Waals surface area contributed by atoms with Crippen molar-refractivity contribution in [3.8, 4) is 0 Å². The summed E-state index contributed by atoms with van der Waals surface area (Å²) in [7, 11) is 0. The smallest absolute Gasteiger partial charge is 0.174 e. The molecule has 0 amide bonds. The van der Waals surface area contributed by atoms with Crippen molar-refractivity contribution in [3.05, 3.63) is 64.9 Å². The number of hydrogen-bond donors (Lipinski definition) is 1. The van der Waals surface area contributed by atoms with Crippen LogP contribution in [0.1, 0.15) is 30.7 Å². The summed E-state index contributed by atoms with van der Waals surface area (Å²) >= 11 is 12.3. The SMILES string of the molecule is Cc1ccc(NC(=S)N(CCCN2CCOCC2)[C@H](C)c2cc3ccccc3o2)c(Cl)c1. The molecule has 3 aromatic rings. The highest BCUT2D eigenvalue weighted by Crippen LogP contribution is 2.29. The highest BCUT2D eigenvalue weighted by atomic mass is 35.5. The summed E-state index contributed by atoms with van der Waals surface area (Å²) in [5, 5.41) is 5.77. The van der Waals surface area contributed by atoms with E-state index in [1.165, 1.54) is 0 Å². The second kappa shape index (κ2) is 10.7. The molecule has 32 heavy (non-hydrogen) atoms. The van der Waals surface area contributed by atoms with E-state index in [-0.39, 0.29) is 6.04 Å². The van der Waals surface area contributed by atoms with E-state index in [0.29, 0.717) is 10.1 Å². The number of anilines is 1. The van der Waals surface area contributed by atoms with E-state index in [2.05, 4.69) is 34.2 Å². The average Bonchev–Trinajstić information content (AvgIpc) is 3.23. The summed E-state index contributed by atoms with van der Waals surface area (Å²) in [6.45, 7) is 9.58. The fraction of sp³-hybridized carbons (Fsp3) is 0.400. The molecule has 2 aromatic carbocycles. The maximum Gasteiger partial charge on any atom is 0.174 e. The normalized spacial score (nSPS) is 15.6. The van der Waals surface area contributed by atoms with Crippen molar-refractivity contribution < 1.29 is 9.15 Å². The lowest BCUT2D eigenvalue weighted by Gasteiger charge is -2.32. The largest absolute Gasteiger partial charge is 0.459 e. The average molecular weight is 472 g/mol. The van der Waals surface area contributed by atoms with Gasteiger partial charge in [-0.1, -0.05) is 35.9 Å². The van der Waals surface area contributed by atoms with Crippen LogP contribution in [0.2, 0.25) is 5.02 Å². The zero-order valence-electron chi connectivity index (χ0n) is 18.6. The van der Waals surface area contributed by atoms with Crippen molar-refractivity contribution >= 4 is 45.6 Å². The van der Waals surface area contributed by atoms with E-state index in [1.807, 2.05) is 43.3 Å². The van der Waals surface area contributed by atoms with E-state index >= 15 is 0 Å². The number of nitrogens with zero attached hydrogens (tertiary/aromatic N) is 2. The van der Waals surface area contributed by atoms with Crippen LogP contribution in [0.3, 0.4) is 0 Å². The fourth-order valence-corrected chi connectivity index (χ4v) is 4.67. The maximum atomic E-state index is 6.46. The highest BCUT2D eigenvalue weighted by Gasteiger charge is 2.23. The number of halogens is 1. The Bertz CT molecular complexity index is 1030. The zero-order valence-corrected chi connectivity index (χ0v) is 20.2. The second-order valence-corrected chi connectivity index (χ2v) is 9.07. The van der Waals surface area contributed by atoms with Crippen LogP contribution in [0.5, 0.6) is 0 Å². The molecule has 2 heterocycles. The number of ether oxygens (including phenoxy) is 1. The van der Waals surface area contributed by atoms with Gasteiger partial charge in [0.25, 0.3) is 0 Å². The lowest BCUT2D eigenvalue weighted by molar-refractivity contribution is 0.0365. The molecule has 1 aliphatic rings. The van der Waals surface area contributed by atoms with E-state index in [9.17, 15) is 0 Å². The van der Waals surface area contributed by atoms with Crippen molar-refractivity contribution in [2.45, 2.75) is 26.3 Å². The molecule has 1 aliphatic heterocycles. The Kier molecular flexibility index (Phi) is 7.68. The number of nitrogens with one attached hydrogen (secondary N) is 1. The van der Waals surface area contributed by atoms with Crippen molar-refractivity contribution in [3.63, 3.8) is 0 Å². The van der Waals surface area contributed by atoms with Crippen LogP contribution in [-0.4, -0.2) is 54.3 Å². The Hall–Kier alpha value is -2.12. The molecule has 0 radical (unpaired) electrons. The van der Waals surface area contributed by atoms with Gasteiger partial charge < -0.3 is 19.4 Å². The Morgan fingerprint density at radius 1 is 1.19 bits per heavy atom. The maximum absolute atomic E-state index is 6.46. The highest BCUT2D eigenvalue weighted by molar-refractivity contribution is 7.80. The summed E-state index contributed by atoms with van der Waals surface area (Å²) in [5.41, 5.74) is 2.82. The number of thiocarbonyl (C=S) groups is 1. The van der Waals surface area contributed by atoms with Crippen LogP contribution in [0.15, 0.2) is 52.9 Å². The first-order valence-electron chi connectivity index (χ1n) is 11.1. The summed E-state index contributed by atoms with van der Waals surface area (Å²) in [4.78, 5) is 4.64. The molecule has 7 heteroatoms. The van der Waals surface area contributed by atoms with Crippen LogP contribution >= 0.6 is 23.8 Å². The lowest BCUT2D eigenvalue weighted by atomic mass is 10.2. The molecular weight excluding hydrogens is 442 g/mol. The minimum Gasteiger partial charge on any atom is -0.459 e. The Morgan fingerprint density at radius 3 is 2.72 bits per heavy atom. The number of benzene rings is 2. The third kappa shape index (κ3) is 5.62. The standard InChI is InChI=1S/C25H30ClN3O2S/c1-18-8-9-22(21(26)16-18)27-25(32)29(11-5-10-28-12-14-30-15-13-28)19(2)24-17-20-6-3-4-7-23(20)31-24/h3-4,6-9,16-17,19H,5,10-15H2,1-2H3,(H,27,32)/t19-/m1/s1. The fourth-order valence-electron chi connectivity index (χ4n) is 4.03. The molecule has 1 saturated heterocycles. The van der Waals surface area contributed by atoms with Gasteiger partial charge in [0.2, 0.25) is 0 Å². The number of rotatable bonds is 7. The van der Waals surface area contributed by atoms with Crippen LogP contribution in [0.25, 0.3) is 11.0 Å². The third-order valence-electron chi connectivity index (χ3n) is 5.93. The van der Waals surface area contributed by atoms with Gasteiger partial charge in [-0.05, 0) is 62.3 Å². The number of hydrogen-bond acceptors (Lipinski definition) is 4. The minimum absolute atomic E-state index is 0.0173. The Labute approximate surface area is 200 Å². The number of aryl methyl sites for hydroxylation is 1. The van der Waals surface area contributed by atoms with E-state index in [0.717, 1.165) is 73.8 Å². The number of para-hydroxylation sites is 1. The first kappa shape index (κ1) is 23.1. The molecule has 0 bridgehead atoms. The molecule has 1 fully saturated rings. The van der Waals surface area contributed by atoms with E-state index in [1.54, 1.807) is 0 Å². The van der Waals surface area contributed by atoms with Gasteiger partial charge in [-0.15, -0.1) is 0 Å². The molecule has 0 aliphatic carbocycles. The van der Waals surface area contributed by atoms with Crippen molar-refractivity contribution in [2.24, 2.45) is 0 Å². The summed E-state index contributed by atoms with van der Waals surface area (Å²) in [6, 6.07) is 16.1. The third-order valence-corrected chi connectivity index (χ3v) is 6.58. The van der Waals surface area contributed by atoms with Crippen LogP contribution in [0, 0.1) is 6.92 Å². The first-order chi connectivity index (χ1) is 15.5. The van der Waals surface area contributed by atoms with Gasteiger partial charge >= 0.3 is 0 Å². The van der Waals surface area contributed by atoms with Crippen LogP contribution in [-0.2, 0) is 4.74 Å². The monoisotopic (exact) mass is 471 g/mol. The van der Waals surface area contributed by atoms with E-state index in [4.69, 9.17) is 33.0 Å². The summed E-state index contributed by atoms with van der Waals surface area (Å²) < 4.78 is 11.6. The lowest BCUT2D eigenvalue weighted by Crippen LogP contribution is -2.41. The molecule has 0 saturated carbocycles. The van der Waals surface area contributed by atoms with Crippen LogP contribution in [0.4, 0.5) is 5.69 Å². The predicted molar refractivity (Wildman–Crippen MR) is 136 cm³/mol. The molecule has 1 aromatic heterocycles. The predicted octanol–water partition coefficient (Wildman–Crippen LogP) is 5.88. The zero-order chi connectivity index (χ0) is 22.5. The number of morpholine rings is 1. The molecule has 1 N–H and O–H groups in total. The summed E-state index contributed by atoms with van der Waals surface area (Å²) in [6.07, 6.45) is 0.994. The van der Waals surface area contributed by atoms with Gasteiger partial charge in [0, 0.05) is 31.6 Å². The van der Waals surface area contributed by atoms with Crippen molar-refractivity contribution in [1.29, 1.82) is 0 Å². The van der Waals surface area contributed by atoms with Gasteiger partial charge in [-0.25, -0.2) is 0 Å². The Morgan fingerprint density at radius 2 is 1.97 bits per heavy atom. The topological polar surface area (TPSA) is 40.9 Å². The van der Waals surface area contributed by atoms with Crippen LogP contribution < -0.4 is 5.32 Å². The minimum atomic E-state index is -0.0173. The van der Waals surface area contributed by atoms with Gasteiger partial charge in [0.1, 0.15) is 11.3 Å². The van der Waals surface area contributed by atoms with Crippen molar-refractivity contribution in [1.82, 2.24) is 9.80 Å².